The van der Waals surface area contributed by atoms with Crippen molar-refractivity contribution in [3.8, 4) is 0 Å². The molecule has 7 aromatic carbocycles. The average Bonchev–Trinajstić information content (AvgIpc) is 1.61. The van der Waals surface area contributed by atoms with Gasteiger partial charge < -0.3 is 54.0 Å². The number of hydrogen-bond donors (Lipinski definition) is 3. The Bertz CT molecular complexity index is 6210. The molecule has 0 bridgehead atoms. The predicted molar refractivity (Wildman–Crippen MR) is 441 cm³/mol. The number of hydrogen-bond acceptors (Lipinski definition) is 17. The molecule has 6 N–H and O–H groups in total. The summed E-state index contributed by atoms with van der Waals surface area (Å²) in [6.45, 7) is 7.78. The highest BCUT2D eigenvalue weighted by atomic mass is 79.9. The van der Waals surface area contributed by atoms with Gasteiger partial charge in [0.2, 0.25) is 16.7 Å². The number of benzene rings is 7. The Morgan fingerprint density at radius 2 is 0.761 bits per heavy atom. The zero-order valence-electron chi connectivity index (χ0n) is 64.0. The summed E-state index contributed by atoms with van der Waals surface area (Å²) in [6.07, 6.45) is 5.24. The van der Waals surface area contributed by atoms with Gasteiger partial charge >= 0.3 is 0 Å². The summed E-state index contributed by atoms with van der Waals surface area (Å²) >= 11 is 9.33. The van der Waals surface area contributed by atoms with Crippen molar-refractivity contribution in [3.63, 3.8) is 0 Å². The molecule has 15 aromatic rings. The molecule has 8 aromatic heterocycles. The summed E-state index contributed by atoms with van der Waals surface area (Å²) in [4.78, 5) is 104. The predicted octanol–water partition coefficient (Wildman–Crippen LogP) is 16.2. The van der Waals surface area contributed by atoms with E-state index in [1.54, 1.807) is 67.8 Å². The maximum absolute atomic E-state index is 14.2. The molecule has 3 atom stereocenters. The summed E-state index contributed by atoms with van der Waals surface area (Å²) in [5.41, 5.74) is 24.4. The molecule has 23 nitrogen and oxygen atoms in total. The van der Waals surface area contributed by atoms with Crippen molar-refractivity contribution in [2.75, 3.05) is 39.3 Å². The Hall–Kier alpha value is -12.0. The van der Waals surface area contributed by atoms with Crippen LogP contribution >= 0.6 is 27.5 Å². The molecule has 117 heavy (non-hydrogen) atoms. The first-order valence-corrected chi connectivity index (χ1v) is 39.9. The Kier molecular flexibility index (Phi) is 22.4. The Balaban J connectivity index is 0.000000131. The molecule has 28 heteroatoms. The van der Waals surface area contributed by atoms with Gasteiger partial charge in [-0.15, -0.1) is 0 Å². The molecule has 18 rings (SSSR count). The second kappa shape index (κ2) is 33.3. The van der Waals surface area contributed by atoms with Crippen LogP contribution in [0.3, 0.4) is 0 Å². The Morgan fingerprint density at radius 3 is 1.06 bits per heavy atom. The molecular weight excluding hydrogens is 1590 g/mol. The van der Waals surface area contributed by atoms with Gasteiger partial charge in [0.1, 0.15) is 79.7 Å². The number of carbonyl (C=O) groups excluding carboxylic acids is 3. The highest BCUT2D eigenvalue weighted by molar-refractivity contribution is 9.10. The number of aryl methyl sites for hydroxylation is 3. The van der Waals surface area contributed by atoms with E-state index in [0.717, 1.165) is 60.8 Å². The van der Waals surface area contributed by atoms with Gasteiger partial charge in [0.25, 0.3) is 34.4 Å². The third kappa shape index (κ3) is 16.4. The van der Waals surface area contributed by atoms with Crippen molar-refractivity contribution in [1.29, 1.82) is 0 Å². The lowest BCUT2D eigenvalue weighted by Crippen LogP contribution is -2.42. The smallest absolute Gasteiger partial charge is 0.297 e. The minimum absolute atomic E-state index is 0.00165. The zero-order chi connectivity index (χ0) is 81.6. The Morgan fingerprint density at radius 1 is 0.436 bits per heavy atom. The van der Waals surface area contributed by atoms with E-state index < -0.39 is 46.7 Å². The van der Waals surface area contributed by atoms with Crippen molar-refractivity contribution < 1.29 is 49.6 Å². The second-order valence-corrected chi connectivity index (χ2v) is 31.2. The van der Waals surface area contributed by atoms with Crippen LogP contribution in [0.25, 0.3) is 66.2 Å². The topological polar surface area (TPSA) is 309 Å². The molecule has 3 fully saturated rings. The van der Waals surface area contributed by atoms with E-state index in [1.807, 2.05) is 99.6 Å². The molecule has 0 aliphatic heterocycles. The summed E-state index contributed by atoms with van der Waals surface area (Å²) in [6, 6.07) is 49.2. The number of rotatable bonds is 24. The van der Waals surface area contributed by atoms with Crippen molar-refractivity contribution in [3.05, 3.63) is 308 Å². The first-order valence-electron chi connectivity index (χ1n) is 38.7. The number of halogens is 5. The van der Waals surface area contributed by atoms with Crippen molar-refractivity contribution in [2.24, 2.45) is 35.0 Å². The third-order valence-electron chi connectivity index (χ3n) is 21.6. The lowest BCUT2D eigenvalue weighted by atomic mass is 10.1. The maximum Gasteiger partial charge on any atom is 0.297 e. The molecule has 8 heterocycles. The first kappa shape index (κ1) is 78.9. The summed E-state index contributed by atoms with van der Waals surface area (Å²) in [5.74, 6) is 0.507. The molecule has 3 amide bonds. The number of carbonyl (C=O) groups is 3. The quantitative estimate of drug-likeness (QED) is 0.0506. The lowest BCUT2D eigenvalue weighted by molar-refractivity contribution is 0.0637. The van der Waals surface area contributed by atoms with E-state index in [2.05, 4.69) is 15.9 Å². The molecule has 0 spiro atoms. The van der Waals surface area contributed by atoms with E-state index >= 15 is 0 Å². The van der Waals surface area contributed by atoms with Crippen LogP contribution in [0, 0.1) is 56.0 Å². The van der Waals surface area contributed by atoms with Crippen LogP contribution in [0.2, 0.25) is 5.22 Å². The standard InChI is InChI=1S/C31H29FN4O3.C29H26BrFN4O4.C29H26ClFN4O4/c1-19-7-9-22(10-8-19)30(37)35(16-15-33)27(21-11-12-21)29-34-26-24-17-23(32)13-14-25(24)39-28(26)31(38)36(29)18-20-5-3-2-4-6-20;2*1-16-2-4-18(5-3-16)28(36)34(13-12-32)25(17-6-7-17)27-33-24-21-14-19(31)8-10-22(21)39-26(24)29(37)35(27)15-20-9-11-23(30)38-20/h2-10,13-14,17,21,27H,11-12,15-16,18,33H2,1H3;2*2-5,8-11,14,17,25H,6-7,12-13,15,32H2,1H3/t27-;2*25-/m111/s1. The van der Waals surface area contributed by atoms with E-state index in [9.17, 15) is 41.9 Å². The van der Waals surface area contributed by atoms with Crippen LogP contribution in [-0.2, 0) is 19.6 Å². The first-order chi connectivity index (χ1) is 56.6. The molecule has 598 valence electrons. The van der Waals surface area contributed by atoms with Gasteiger partial charge in [-0.3, -0.25) is 42.5 Å². The average molecular weight is 1670 g/mol. The molecular formula is C89H81BrClF3N12O11. The lowest BCUT2D eigenvalue weighted by Gasteiger charge is -2.33. The van der Waals surface area contributed by atoms with Crippen molar-refractivity contribution in [2.45, 2.75) is 97.1 Å². The van der Waals surface area contributed by atoms with Gasteiger partial charge in [-0.25, -0.2) is 28.1 Å². The molecule has 3 saturated carbocycles. The highest BCUT2D eigenvalue weighted by Gasteiger charge is 2.45. The number of nitrogens with zero attached hydrogens (tertiary/aromatic N) is 9. The molecule has 0 unspecified atom stereocenters. The van der Waals surface area contributed by atoms with E-state index in [-0.39, 0.29) is 126 Å². The number of amides is 3. The van der Waals surface area contributed by atoms with Gasteiger partial charge in [0.05, 0.1) is 37.8 Å². The van der Waals surface area contributed by atoms with Gasteiger partial charge in [0, 0.05) is 72.1 Å². The van der Waals surface area contributed by atoms with Gasteiger partial charge in [-0.2, -0.15) is 0 Å². The monoisotopic (exact) mass is 1660 g/mol. The number of nitrogens with two attached hydrogens (primary N) is 3. The van der Waals surface area contributed by atoms with Crippen LogP contribution in [0.4, 0.5) is 13.2 Å². The third-order valence-corrected chi connectivity index (χ3v) is 22.2. The van der Waals surface area contributed by atoms with Crippen LogP contribution < -0.4 is 33.9 Å². The maximum atomic E-state index is 14.2. The van der Waals surface area contributed by atoms with Crippen LogP contribution in [0.1, 0.15) is 139 Å². The SMILES string of the molecule is Cc1ccc(C(=O)N(CCN)[C@@H](c2nc3c(oc4ccc(F)cc43)c(=O)n2Cc2ccc(Br)o2)C2CC2)cc1.Cc1ccc(C(=O)N(CCN)[C@@H](c2nc3c(oc4ccc(F)cc43)c(=O)n2Cc2ccc(Cl)o2)C2CC2)cc1.Cc1ccc(C(=O)N(CCN)[C@@H](c2nc3c(oc4ccc(F)cc43)c(=O)n2Cc2ccccc2)C2CC2)cc1. The molecule has 3 aliphatic carbocycles. The van der Waals surface area contributed by atoms with Crippen LogP contribution in [0.5, 0.6) is 0 Å². The van der Waals surface area contributed by atoms with Gasteiger partial charge in [-0.05, 0) is 225 Å². The summed E-state index contributed by atoms with van der Waals surface area (Å²) in [5, 5.41) is 1.41. The summed E-state index contributed by atoms with van der Waals surface area (Å²) < 4.78 is 76.7. The van der Waals surface area contributed by atoms with Gasteiger partial charge in [0.15, 0.2) is 9.89 Å². The molecule has 3 aliphatic rings. The number of fused-ring (bicyclic) bond motifs is 9. The minimum atomic E-state index is -0.552. The van der Waals surface area contributed by atoms with Crippen LogP contribution in [0.15, 0.2) is 223 Å². The van der Waals surface area contributed by atoms with Gasteiger partial charge in [-0.1, -0.05) is 83.4 Å². The Labute approximate surface area is 680 Å². The fourth-order valence-corrected chi connectivity index (χ4v) is 15.9. The summed E-state index contributed by atoms with van der Waals surface area (Å²) in [7, 11) is 0. The molecule has 0 radical (unpaired) electrons. The highest BCUT2D eigenvalue weighted by Crippen LogP contribution is 2.48. The largest absolute Gasteiger partial charge is 0.452 e. The minimum Gasteiger partial charge on any atom is -0.452 e. The van der Waals surface area contributed by atoms with E-state index in [4.69, 9.17) is 65.8 Å². The van der Waals surface area contributed by atoms with Crippen LogP contribution in [-0.4, -0.2) is 100 Å². The fraction of sp³-hybridized carbons (Fsp3) is 0.270. The molecule has 0 saturated heterocycles. The fourth-order valence-electron chi connectivity index (χ4n) is 15.4. The number of furan rings is 5. The zero-order valence-corrected chi connectivity index (χ0v) is 66.4. The number of aromatic nitrogens is 6. The second-order valence-electron chi connectivity index (χ2n) is 30.0. The normalized spacial score (nSPS) is 14.2. The van der Waals surface area contributed by atoms with Crippen molar-refractivity contribution in [1.82, 2.24) is 43.4 Å². The van der Waals surface area contributed by atoms with Crippen molar-refractivity contribution >= 4 is 111 Å². The van der Waals surface area contributed by atoms with E-state index in [1.165, 1.54) is 63.7 Å². The van der Waals surface area contributed by atoms with E-state index in [0.29, 0.717) is 95.3 Å².